The molecule has 0 radical (unpaired) electrons. The molecular formula is C23H26O9. The number of hydrogen-bond donors (Lipinski definition) is 5. The summed E-state index contributed by atoms with van der Waals surface area (Å²) in [5.41, 5.74) is 1.68. The van der Waals surface area contributed by atoms with E-state index in [0.29, 0.717) is 33.9 Å². The average molecular weight is 446 g/mol. The quantitative estimate of drug-likeness (QED) is 0.275. The summed E-state index contributed by atoms with van der Waals surface area (Å²) in [5.74, 6) is 0.258. The van der Waals surface area contributed by atoms with Crippen LogP contribution >= 0.6 is 0 Å². The number of aryl methyl sites for hydroxylation is 2. The molecule has 9 heteroatoms. The Kier molecular flexibility index (Phi) is 6.22. The standard InChI is InChI=1S/C23H26O9/c1-10-8-14(30-23-20(28)19(27)18(26)15(9-25)31-23)11(2)21-16(10)13-5-3-4-12(6-7-24)17(13)22(29)32-21/h3-5,8,15,18-20,23-28H,6-7,9H2,1-2H3/t15-,18-,19+,20-,23-/m1/s1. The molecule has 2 heterocycles. The molecule has 3 aromatic rings. The highest BCUT2D eigenvalue weighted by molar-refractivity contribution is 6.08. The van der Waals surface area contributed by atoms with Gasteiger partial charge in [-0.3, -0.25) is 0 Å². The molecule has 172 valence electrons. The molecule has 5 N–H and O–H groups in total. The first-order valence-electron chi connectivity index (χ1n) is 10.3. The van der Waals surface area contributed by atoms with Gasteiger partial charge in [0.1, 0.15) is 35.7 Å². The van der Waals surface area contributed by atoms with E-state index in [2.05, 4.69) is 0 Å². The normalized spacial score (nSPS) is 26.0. The Morgan fingerprint density at radius 1 is 1.03 bits per heavy atom. The number of aliphatic hydroxyl groups excluding tert-OH is 5. The second-order valence-corrected chi connectivity index (χ2v) is 8.04. The highest BCUT2D eigenvalue weighted by Crippen LogP contribution is 2.36. The van der Waals surface area contributed by atoms with Crippen LogP contribution < -0.4 is 10.4 Å². The molecular weight excluding hydrogens is 420 g/mol. The van der Waals surface area contributed by atoms with Gasteiger partial charge in [0.2, 0.25) is 6.29 Å². The Morgan fingerprint density at radius 3 is 2.47 bits per heavy atom. The molecule has 1 aromatic heterocycles. The minimum Gasteiger partial charge on any atom is -0.462 e. The van der Waals surface area contributed by atoms with E-state index in [1.165, 1.54) is 0 Å². The van der Waals surface area contributed by atoms with Gasteiger partial charge < -0.3 is 39.4 Å². The van der Waals surface area contributed by atoms with Crippen LogP contribution in [0.2, 0.25) is 0 Å². The summed E-state index contributed by atoms with van der Waals surface area (Å²) < 4.78 is 16.9. The predicted molar refractivity (Wildman–Crippen MR) is 115 cm³/mol. The van der Waals surface area contributed by atoms with Crippen molar-refractivity contribution in [3.63, 3.8) is 0 Å². The summed E-state index contributed by atoms with van der Waals surface area (Å²) in [6, 6.07) is 7.12. The van der Waals surface area contributed by atoms with Crippen molar-refractivity contribution in [1.29, 1.82) is 0 Å². The van der Waals surface area contributed by atoms with Crippen LogP contribution in [0.5, 0.6) is 5.75 Å². The Hall–Kier alpha value is -2.53. The average Bonchev–Trinajstić information content (AvgIpc) is 2.77. The van der Waals surface area contributed by atoms with Crippen molar-refractivity contribution in [2.45, 2.75) is 51.0 Å². The van der Waals surface area contributed by atoms with E-state index >= 15 is 0 Å². The number of hydrogen-bond acceptors (Lipinski definition) is 9. The highest BCUT2D eigenvalue weighted by atomic mass is 16.7. The smallest absolute Gasteiger partial charge is 0.344 e. The molecule has 1 aliphatic heterocycles. The zero-order valence-corrected chi connectivity index (χ0v) is 17.7. The van der Waals surface area contributed by atoms with Crippen molar-refractivity contribution in [2.24, 2.45) is 0 Å². The third-order valence-corrected chi connectivity index (χ3v) is 5.97. The second kappa shape index (κ2) is 8.78. The van der Waals surface area contributed by atoms with Crippen LogP contribution in [-0.4, -0.2) is 69.5 Å². The lowest BCUT2D eigenvalue weighted by molar-refractivity contribution is -0.277. The predicted octanol–water partition coefficient (Wildman–Crippen LogP) is 0.277. The minimum atomic E-state index is -1.57. The monoisotopic (exact) mass is 446 g/mol. The zero-order chi connectivity index (χ0) is 23.2. The topological polar surface area (TPSA) is 150 Å². The maximum atomic E-state index is 12.8. The van der Waals surface area contributed by atoms with Gasteiger partial charge in [-0.1, -0.05) is 18.2 Å². The molecule has 32 heavy (non-hydrogen) atoms. The fraction of sp³-hybridized carbons (Fsp3) is 0.435. The van der Waals surface area contributed by atoms with Gasteiger partial charge in [0.15, 0.2) is 0 Å². The van der Waals surface area contributed by atoms with Gasteiger partial charge in [-0.15, -0.1) is 0 Å². The van der Waals surface area contributed by atoms with Crippen LogP contribution in [0.3, 0.4) is 0 Å². The van der Waals surface area contributed by atoms with E-state index in [1.54, 1.807) is 19.1 Å². The van der Waals surface area contributed by atoms with E-state index in [0.717, 1.165) is 10.9 Å². The molecule has 0 bridgehead atoms. The summed E-state index contributed by atoms with van der Waals surface area (Å²) in [6.45, 7) is 2.84. The molecule has 9 nitrogen and oxygen atoms in total. The summed E-state index contributed by atoms with van der Waals surface area (Å²) in [5, 5.41) is 50.8. The highest BCUT2D eigenvalue weighted by Gasteiger charge is 2.45. The van der Waals surface area contributed by atoms with Crippen LogP contribution in [-0.2, 0) is 11.2 Å². The van der Waals surface area contributed by atoms with Crippen molar-refractivity contribution in [3.05, 3.63) is 51.4 Å². The van der Waals surface area contributed by atoms with E-state index in [1.807, 2.05) is 19.1 Å². The maximum Gasteiger partial charge on any atom is 0.344 e. The minimum absolute atomic E-state index is 0.0968. The number of benzene rings is 2. The molecule has 0 amide bonds. The number of rotatable bonds is 5. The molecule has 0 spiro atoms. The fourth-order valence-electron chi connectivity index (χ4n) is 4.25. The Labute approximate surface area is 183 Å². The van der Waals surface area contributed by atoms with E-state index in [-0.39, 0.29) is 12.4 Å². The van der Waals surface area contributed by atoms with E-state index in [9.17, 15) is 30.3 Å². The Balaban J connectivity index is 1.82. The lowest BCUT2D eigenvalue weighted by Crippen LogP contribution is -2.60. The summed E-state index contributed by atoms with van der Waals surface area (Å²) in [7, 11) is 0. The summed E-state index contributed by atoms with van der Waals surface area (Å²) in [6.07, 6.45) is -6.76. The number of fused-ring (bicyclic) bond motifs is 3. The summed E-state index contributed by atoms with van der Waals surface area (Å²) >= 11 is 0. The Bertz CT molecular complexity index is 1200. The first kappa shape index (κ1) is 22.7. The van der Waals surface area contributed by atoms with E-state index < -0.39 is 42.9 Å². The second-order valence-electron chi connectivity index (χ2n) is 8.04. The van der Waals surface area contributed by atoms with Crippen molar-refractivity contribution < 1.29 is 39.4 Å². The van der Waals surface area contributed by atoms with Gasteiger partial charge in [0, 0.05) is 22.9 Å². The van der Waals surface area contributed by atoms with Crippen LogP contribution in [0.25, 0.3) is 21.7 Å². The maximum absolute atomic E-state index is 12.8. The van der Waals surface area contributed by atoms with Gasteiger partial charge in [-0.25, -0.2) is 4.79 Å². The fourth-order valence-corrected chi connectivity index (χ4v) is 4.25. The Morgan fingerprint density at radius 2 is 1.78 bits per heavy atom. The molecule has 0 aliphatic carbocycles. The number of ether oxygens (including phenoxy) is 2. The van der Waals surface area contributed by atoms with Gasteiger partial charge in [0.25, 0.3) is 0 Å². The largest absolute Gasteiger partial charge is 0.462 e. The molecule has 1 saturated heterocycles. The molecule has 2 aromatic carbocycles. The summed E-state index contributed by atoms with van der Waals surface area (Å²) in [4.78, 5) is 12.8. The molecule has 4 rings (SSSR count). The van der Waals surface area contributed by atoms with Crippen molar-refractivity contribution in [2.75, 3.05) is 13.2 Å². The van der Waals surface area contributed by atoms with Crippen LogP contribution in [0.15, 0.2) is 33.5 Å². The first-order valence-corrected chi connectivity index (χ1v) is 10.3. The lowest BCUT2D eigenvalue weighted by atomic mass is 9.97. The lowest BCUT2D eigenvalue weighted by Gasteiger charge is -2.39. The zero-order valence-electron chi connectivity index (χ0n) is 17.7. The van der Waals surface area contributed by atoms with Crippen LogP contribution in [0, 0.1) is 13.8 Å². The molecule has 1 fully saturated rings. The molecule has 0 unspecified atom stereocenters. The van der Waals surface area contributed by atoms with Crippen molar-refractivity contribution in [1.82, 2.24) is 0 Å². The van der Waals surface area contributed by atoms with E-state index in [4.69, 9.17) is 13.9 Å². The van der Waals surface area contributed by atoms with Gasteiger partial charge in [0.05, 0.1) is 12.0 Å². The number of aliphatic hydroxyl groups is 5. The molecule has 5 atom stereocenters. The molecule has 0 saturated carbocycles. The van der Waals surface area contributed by atoms with Crippen molar-refractivity contribution in [3.8, 4) is 5.75 Å². The van der Waals surface area contributed by atoms with Gasteiger partial charge in [-0.05, 0) is 37.5 Å². The SMILES string of the molecule is Cc1c(O[C@@H]2O[C@H](CO)[C@@H](O)[C@H](O)[C@H]2O)cc(C)c2c1oc(=O)c1c(CCO)cccc12. The third kappa shape index (κ3) is 3.66. The van der Waals surface area contributed by atoms with Crippen molar-refractivity contribution >= 4 is 21.7 Å². The van der Waals surface area contributed by atoms with Gasteiger partial charge in [-0.2, -0.15) is 0 Å². The first-order chi connectivity index (χ1) is 15.3. The van der Waals surface area contributed by atoms with Crippen LogP contribution in [0.4, 0.5) is 0 Å². The van der Waals surface area contributed by atoms with Crippen LogP contribution in [0.1, 0.15) is 16.7 Å². The molecule has 1 aliphatic rings. The van der Waals surface area contributed by atoms with Gasteiger partial charge >= 0.3 is 5.63 Å². The third-order valence-electron chi connectivity index (χ3n) is 5.97.